The number of carbonyl (C=O) groups is 2. The number of nitrogens with one attached hydrogen (secondary N) is 1. The minimum absolute atomic E-state index is 0.0382. The largest absolute Gasteiger partial charge is 0.369 e. The number of amides is 3. The fourth-order valence-electron chi connectivity index (χ4n) is 3.32. The fraction of sp³-hybridized carbons (Fsp3) is 0.444. The molecule has 1 aromatic heterocycles. The van der Waals surface area contributed by atoms with Crippen LogP contribution in [-0.2, 0) is 4.79 Å². The number of hydrogen-bond acceptors (Lipinski definition) is 3. The average Bonchev–Trinajstić information content (AvgIpc) is 2.92. The van der Waals surface area contributed by atoms with Gasteiger partial charge in [0.25, 0.3) is 0 Å². The van der Waals surface area contributed by atoms with Crippen LogP contribution in [0.25, 0.3) is 10.1 Å². The lowest BCUT2D eigenvalue weighted by Crippen LogP contribution is -2.46. The first-order valence-corrected chi connectivity index (χ1v) is 9.11. The molecule has 1 saturated heterocycles. The predicted molar refractivity (Wildman–Crippen MR) is 97.0 cm³/mol. The van der Waals surface area contributed by atoms with Gasteiger partial charge in [-0.3, -0.25) is 4.79 Å². The minimum Gasteiger partial charge on any atom is -0.369 e. The van der Waals surface area contributed by atoms with E-state index in [-0.39, 0.29) is 23.9 Å². The molecule has 0 spiro atoms. The zero-order chi connectivity index (χ0) is 17.3. The van der Waals surface area contributed by atoms with Gasteiger partial charge in [-0.2, -0.15) is 0 Å². The van der Waals surface area contributed by atoms with Crippen LogP contribution in [0.1, 0.15) is 36.2 Å². The Kier molecular flexibility index (Phi) is 4.76. The van der Waals surface area contributed by atoms with E-state index in [1.165, 1.54) is 20.5 Å². The summed E-state index contributed by atoms with van der Waals surface area (Å²) in [5.74, 6) is -0.361. The van der Waals surface area contributed by atoms with Gasteiger partial charge in [-0.1, -0.05) is 18.2 Å². The van der Waals surface area contributed by atoms with Crippen molar-refractivity contribution in [3.05, 3.63) is 34.7 Å². The van der Waals surface area contributed by atoms with E-state index in [2.05, 4.69) is 24.4 Å². The fourth-order valence-corrected chi connectivity index (χ4v) is 4.53. The van der Waals surface area contributed by atoms with Gasteiger partial charge in [0.15, 0.2) is 0 Å². The van der Waals surface area contributed by atoms with Crippen LogP contribution in [0.4, 0.5) is 4.79 Å². The molecule has 3 amide bonds. The molecule has 1 fully saturated rings. The number of nitrogens with two attached hydrogens (primary N) is 1. The lowest BCUT2D eigenvalue weighted by molar-refractivity contribution is -0.123. The first-order valence-electron chi connectivity index (χ1n) is 8.30. The van der Waals surface area contributed by atoms with Crippen LogP contribution >= 0.6 is 11.3 Å². The predicted octanol–water partition coefficient (Wildman–Crippen LogP) is 3.18. The van der Waals surface area contributed by atoms with Crippen molar-refractivity contribution in [1.29, 1.82) is 0 Å². The molecule has 0 radical (unpaired) electrons. The van der Waals surface area contributed by atoms with E-state index in [1.54, 1.807) is 16.2 Å². The molecule has 24 heavy (non-hydrogen) atoms. The summed E-state index contributed by atoms with van der Waals surface area (Å²) in [6.45, 7) is 5.29. The Morgan fingerprint density at radius 1 is 1.29 bits per heavy atom. The standard InChI is InChI=1S/C18H23N3O2S/c1-11-14-5-3-4-6-15(14)24-16(11)12(2)20-18(23)21-9-7-13(8-10-21)17(19)22/h3-6,12-13H,7-10H2,1-2H3,(H2,19,22)(H,20,23)/t12-/m0/s1. The number of piperidine rings is 1. The Bertz CT molecular complexity index is 763. The molecule has 1 aromatic carbocycles. The van der Waals surface area contributed by atoms with E-state index in [1.807, 2.05) is 19.1 Å². The van der Waals surface area contributed by atoms with Crippen molar-refractivity contribution in [2.45, 2.75) is 32.7 Å². The van der Waals surface area contributed by atoms with Crippen LogP contribution in [0.5, 0.6) is 0 Å². The third-order valence-electron chi connectivity index (χ3n) is 4.80. The molecule has 3 N–H and O–H groups in total. The van der Waals surface area contributed by atoms with Gasteiger partial charge < -0.3 is 16.0 Å². The van der Waals surface area contributed by atoms with E-state index in [0.29, 0.717) is 25.9 Å². The Labute approximate surface area is 145 Å². The number of nitrogens with zero attached hydrogens (tertiary/aromatic N) is 1. The minimum atomic E-state index is -0.260. The van der Waals surface area contributed by atoms with E-state index in [4.69, 9.17) is 5.73 Å². The summed E-state index contributed by atoms with van der Waals surface area (Å²) in [5.41, 5.74) is 6.57. The molecule has 6 heteroatoms. The van der Waals surface area contributed by atoms with Crippen molar-refractivity contribution >= 4 is 33.4 Å². The summed E-state index contributed by atoms with van der Waals surface area (Å²) in [6, 6.07) is 8.20. The summed E-state index contributed by atoms with van der Waals surface area (Å²) in [7, 11) is 0. The lowest BCUT2D eigenvalue weighted by atomic mass is 9.96. The highest BCUT2D eigenvalue weighted by Gasteiger charge is 2.27. The maximum atomic E-state index is 12.5. The average molecular weight is 345 g/mol. The monoisotopic (exact) mass is 345 g/mol. The number of rotatable bonds is 3. The van der Waals surface area contributed by atoms with E-state index < -0.39 is 0 Å². The number of likely N-dealkylation sites (tertiary alicyclic amines) is 1. The normalized spacial score (nSPS) is 17.0. The molecule has 0 bridgehead atoms. The van der Waals surface area contributed by atoms with Crippen molar-refractivity contribution < 1.29 is 9.59 Å². The Morgan fingerprint density at radius 3 is 2.58 bits per heavy atom. The summed E-state index contributed by atoms with van der Waals surface area (Å²) < 4.78 is 1.24. The molecule has 3 rings (SSSR count). The van der Waals surface area contributed by atoms with Gasteiger partial charge in [-0.25, -0.2) is 4.79 Å². The molecular formula is C18H23N3O2S. The Balaban J connectivity index is 1.66. The highest BCUT2D eigenvalue weighted by Crippen LogP contribution is 2.34. The Hall–Kier alpha value is -2.08. The first kappa shape index (κ1) is 16.8. The SMILES string of the molecule is Cc1c([C@H](C)NC(=O)N2CCC(C(N)=O)CC2)sc2ccccc12. The highest BCUT2D eigenvalue weighted by atomic mass is 32.1. The van der Waals surface area contributed by atoms with Crippen molar-refractivity contribution in [3.63, 3.8) is 0 Å². The number of urea groups is 1. The smallest absolute Gasteiger partial charge is 0.317 e. The van der Waals surface area contributed by atoms with Gasteiger partial charge in [-0.15, -0.1) is 11.3 Å². The van der Waals surface area contributed by atoms with Gasteiger partial charge in [0.2, 0.25) is 5.91 Å². The zero-order valence-corrected chi connectivity index (χ0v) is 14.9. The van der Waals surface area contributed by atoms with E-state index in [9.17, 15) is 9.59 Å². The summed E-state index contributed by atoms with van der Waals surface area (Å²) >= 11 is 1.73. The molecule has 0 saturated carbocycles. The van der Waals surface area contributed by atoms with Gasteiger partial charge in [0.05, 0.1) is 6.04 Å². The van der Waals surface area contributed by atoms with Crippen LogP contribution < -0.4 is 11.1 Å². The molecule has 128 valence electrons. The van der Waals surface area contributed by atoms with Crippen LogP contribution in [0.2, 0.25) is 0 Å². The van der Waals surface area contributed by atoms with Gasteiger partial charge in [0, 0.05) is 28.6 Å². The van der Waals surface area contributed by atoms with Crippen molar-refractivity contribution in [3.8, 4) is 0 Å². The van der Waals surface area contributed by atoms with Gasteiger partial charge in [0.1, 0.15) is 0 Å². The zero-order valence-electron chi connectivity index (χ0n) is 14.0. The quantitative estimate of drug-likeness (QED) is 0.896. The second-order valence-electron chi connectivity index (χ2n) is 6.42. The number of fused-ring (bicyclic) bond motifs is 1. The van der Waals surface area contributed by atoms with Crippen molar-refractivity contribution in [2.24, 2.45) is 11.7 Å². The molecule has 0 aliphatic carbocycles. The number of thiophene rings is 1. The molecule has 0 unspecified atom stereocenters. The van der Waals surface area contributed by atoms with Gasteiger partial charge >= 0.3 is 6.03 Å². The molecule has 5 nitrogen and oxygen atoms in total. The molecular weight excluding hydrogens is 322 g/mol. The molecule has 1 aliphatic rings. The summed E-state index contributed by atoms with van der Waals surface area (Å²) in [4.78, 5) is 26.7. The lowest BCUT2D eigenvalue weighted by Gasteiger charge is -2.31. The highest BCUT2D eigenvalue weighted by molar-refractivity contribution is 7.19. The van der Waals surface area contributed by atoms with E-state index >= 15 is 0 Å². The van der Waals surface area contributed by atoms with Crippen LogP contribution in [0, 0.1) is 12.8 Å². The number of benzene rings is 1. The van der Waals surface area contributed by atoms with Crippen LogP contribution in [0.3, 0.4) is 0 Å². The maximum absolute atomic E-state index is 12.5. The number of hydrogen-bond donors (Lipinski definition) is 2. The van der Waals surface area contributed by atoms with E-state index in [0.717, 1.165) is 0 Å². The van der Waals surface area contributed by atoms with Crippen molar-refractivity contribution in [2.75, 3.05) is 13.1 Å². The second kappa shape index (κ2) is 6.81. The van der Waals surface area contributed by atoms with Gasteiger partial charge in [-0.05, 0) is 43.7 Å². The second-order valence-corrected chi connectivity index (χ2v) is 7.51. The number of primary amides is 1. The third-order valence-corrected chi connectivity index (χ3v) is 6.25. The van der Waals surface area contributed by atoms with Crippen molar-refractivity contribution in [1.82, 2.24) is 10.2 Å². The third kappa shape index (κ3) is 3.24. The molecule has 2 aromatic rings. The summed E-state index contributed by atoms with van der Waals surface area (Å²) in [5, 5.41) is 4.34. The molecule has 2 heterocycles. The van der Waals surface area contributed by atoms with Crippen LogP contribution in [0.15, 0.2) is 24.3 Å². The number of carbonyl (C=O) groups excluding carboxylic acids is 2. The van der Waals surface area contributed by atoms with Crippen LogP contribution in [-0.4, -0.2) is 29.9 Å². The first-order chi connectivity index (χ1) is 11.5. The number of aryl methyl sites for hydroxylation is 1. The maximum Gasteiger partial charge on any atom is 0.317 e. The summed E-state index contributed by atoms with van der Waals surface area (Å²) in [6.07, 6.45) is 1.30. The Morgan fingerprint density at radius 2 is 1.96 bits per heavy atom. The topological polar surface area (TPSA) is 75.4 Å². The molecule has 1 atom stereocenters. The molecule has 1 aliphatic heterocycles.